The average molecular weight is 444 g/mol. The zero-order valence-corrected chi connectivity index (χ0v) is 18.0. The molecule has 1 N–H and O–H groups in total. The Labute approximate surface area is 179 Å². The third-order valence-corrected chi connectivity index (χ3v) is 7.37. The molecule has 1 aromatic heterocycles. The molecule has 0 saturated carbocycles. The van der Waals surface area contributed by atoms with Crippen LogP contribution in [0.15, 0.2) is 53.9 Å². The zero-order chi connectivity index (χ0) is 21.1. The minimum absolute atomic E-state index is 0.0627. The molecule has 0 unspecified atom stereocenters. The number of sulfonamides is 1. The van der Waals surface area contributed by atoms with E-state index in [1.54, 1.807) is 24.3 Å². The number of carbonyl (C=O) groups is 1. The number of ether oxygens (including phenoxy) is 1. The molecular formula is C21H21N3O4S2. The molecule has 0 aliphatic carbocycles. The lowest BCUT2D eigenvalue weighted by Crippen LogP contribution is -2.25. The van der Waals surface area contributed by atoms with Gasteiger partial charge in [0.1, 0.15) is 6.61 Å². The van der Waals surface area contributed by atoms with Gasteiger partial charge in [-0.2, -0.15) is 0 Å². The van der Waals surface area contributed by atoms with Gasteiger partial charge in [0.05, 0.1) is 22.7 Å². The maximum Gasteiger partial charge on any atom is 0.338 e. The van der Waals surface area contributed by atoms with Crippen LogP contribution in [0.5, 0.6) is 0 Å². The number of rotatable bonds is 6. The van der Waals surface area contributed by atoms with Crippen LogP contribution in [0.1, 0.15) is 28.0 Å². The number of anilines is 3. The van der Waals surface area contributed by atoms with Gasteiger partial charge in [-0.1, -0.05) is 17.7 Å². The van der Waals surface area contributed by atoms with Crippen molar-refractivity contribution in [3.05, 3.63) is 70.7 Å². The van der Waals surface area contributed by atoms with Gasteiger partial charge in [0.25, 0.3) is 0 Å². The molecule has 3 aromatic rings. The fourth-order valence-electron chi connectivity index (χ4n) is 3.11. The molecule has 1 aliphatic rings. The molecule has 1 saturated heterocycles. The van der Waals surface area contributed by atoms with E-state index in [0.29, 0.717) is 29.9 Å². The van der Waals surface area contributed by atoms with E-state index in [0.717, 1.165) is 10.8 Å². The quantitative estimate of drug-likeness (QED) is 0.577. The molecule has 30 heavy (non-hydrogen) atoms. The maximum absolute atomic E-state index is 12.3. The first kappa shape index (κ1) is 20.4. The fraction of sp³-hybridized carbons (Fsp3) is 0.238. The standard InChI is InChI=1S/C21H21N3O4S2/c1-15-3-7-17(8-4-15)22-21-23-18(14-29-21)13-28-20(25)16-5-9-19(10-6-16)24-11-2-12-30(24,26)27/h3-10,14H,2,11-13H2,1H3,(H,22,23). The highest BCUT2D eigenvalue weighted by atomic mass is 32.2. The number of benzene rings is 2. The van der Waals surface area contributed by atoms with Crippen molar-refractivity contribution in [2.75, 3.05) is 21.9 Å². The van der Waals surface area contributed by atoms with Crippen LogP contribution in [-0.4, -0.2) is 31.7 Å². The van der Waals surface area contributed by atoms with Gasteiger partial charge >= 0.3 is 5.97 Å². The Morgan fingerprint density at radius 3 is 2.57 bits per heavy atom. The molecule has 0 amide bonds. The highest BCUT2D eigenvalue weighted by molar-refractivity contribution is 7.93. The molecular weight excluding hydrogens is 422 g/mol. The summed E-state index contributed by atoms with van der Waals surface area (Å²) < 4.78 is 30.7. The number of nitrogens with zero attached hydrogens (tertiary/aromatic N) is 2. The highest BCUT2D eigenvalue weighted by Gasteiger charge is 2.28. The molecule has 7 nitrogen and oxygen atoms in total. The predicted octanol–water partition coefficient (Wildman–Crippen LogP) is 4.09. The minimum atomic E-state index is -3.24. The van der Waals surface area contributed by atoms with Crippen molar-refractivity contribution in [3.63, 3.8) is 0 Å². The predicted molar refractivity (Wildman–Crippen MR) is 118 cm³/mol. The van der Waals surface area contributed by atoms with Gasteiger partial charge in [-0.3, -0.25) is 4.31 Å². The van der Waals surface area contributed by atoms with Gasteiger partial charge < -0.3 is 10.1 Å². The maximum atomic E-state index is 12.3. The SMILES string of the molecule is Cc1ccc(Nc2nc(COC(=O)c3ccc(N4CCCS4(=O)=O)cc3)cs2)cc1. The van der Waals surface area contributed by atoms with Crippen molar-refractivity contribution in [2.24, 2.45) is 0 Å². The Bertz CT molecular complexity index is 1140. The molecule has 0 spiro atoms. The summed E-state index contributed by atoms with van der Waals surface area (Å²) in [4.78, 5) is 16.7. The summed E-state index contributed by atoms with van der Waals surface area (Å²) in [5.41, 5.74) is 3.71. The molecule has 156 valence electrons. The fourth-order valence-corrected chi connectivity index (χ4v) is 5.39. The molecule has 0 atom stereocenters. The Morgan fingerprint density at radius 2 is 1.90 bits per heavy atom. The summed E-state index contributed by atoms with van der Waals surface area (Å²) in [6, 6.07) is 14.4. The van der Waals surface area contributed by atoms with Crippen LogP contribution in [-0.2, 0) is 21.4 Å². The Kier molecular flexibility index (Phi) is 5.74. The van der Waals surface area contributed by atoms with E-state index in [2.05, 4.69) is 10.3 Å². The van der Waals surface area contributed by atoms with Gasteiger partial charge in [0.15, 0.2) is 5.13 Å². The molecule has 2 heterocycles. The second-order valence-corrected chi connectivity index (χ2v) is 9.87. The van der Waals surface area contributed by atoms with Crippen LogP contribution in [0.3, 0.4) is 0 Å². The third kappa shape index (κ3) is 4.63. The van der Waals surface area contributed by atoms with E-state index in [9.17, 15) is 13.2 Å². The lowest BCUT2D eigenvalue weighted by molar-refractivity contribution is 0.0468. The molecule has 2 aromatic carbocycles. The van der Waals surface area contributed by atoms with E-state index in [1.165, 1.54) is 21.2 Å². The van der Waals surface area contributed by atoms with Gasteiger partial charge in [0, 0.05) is 17.6 Å². The lowest BCUT2D eigenvalue weighted by atomic mass is 10.2. The number of aromatic nitrogens is 1. The van der Waals surface area contributed by atoms with E-state index < -0.39 is 16.0 Å². The van der Waals surface area contributed by atoms with Crippen LogP contribution in [0.25, 0.3) is 0 Å². The second-order valence-electron chi connectivity index (χ2n) is 7.00. The van der Waals surface area contributed by atoms with Gasteiger partial charge in [-0.15, -0.1) is 11.3 Å². The lowest BCUT2D eigenvalue weighted by Gasteiger charge is -2.16. The molecule has 0 bridgehead atoms. The number of aryl methyl sites for hydroxylation is 1. The first-order valence-electron chi connectivity index (χ1n) is 9.46. The number of hydrogen-bond donors (Lipinski definition) is 1. The molecule has 4 rings (SSSR count). The van der Waals surface area contributed by atoms with Crippen molar-refractivity contribution in [1.82, 2.24) is 4.98 Å². The Hall–Kier alpha value is -2.91. The van der Waals surface area contributed by atoms with E-state index in [1.807, 2.05) is 36.6 Å². The number of hydrogen-bond acceptors (Lipinski definition) is 7. The third-order valence-electron chi connectivity index (χ3n) is 4.70. The van der Waals surface area contributed by atoms with E-state index in [4.69, 9.17) is 4.74 Å². The highest BCUT2D eigenvalue weighted by Crippen LogP contribution is 2.25. The molecule has 1 aliphatic heterocycles. The van der Waals surface area contributed by atoms with Crippen molar-refractivity contribution in [1.29, 1.82) is 0 Å². The summed E-state index contributed by atoms with van der Waals surface area (Å²) >= 11 is 1.44. The smallest absolute Gasteiger partial charge is 0.338 e. The topological polar surface area (TPSA) is 88.6 Å². The molecule has 1 fully saturated rings. The van der Waals surface area contributed by atoms with Crippen LogP contribution in [0.4, 0.5) is 16.5 Å². The average Bonchev–Trinajstić information content (AvgIpc) is 3.33. The summed E-state index contributed by atoms with van der Waals surface area (Å²) in [5, 5.41) is 5.79. The summed E-state index contributed by atoms with van der Waals surface area (Å²) in [6.07, 6.45) is 0.612. The Morgan fingerprint density at radius 1 is 1.17 bits per heavy atom. The van der Waals surface area contributed by atoms with E-state index in [-0.39, 0.29) is 12.4 Å². The van der Waals surface area contributed by atoms with Crippen molar-refractivity contribution in [2.45, 2.75) is 20.0 Å². The van der Waals surface area contributed by atoms with Crippen molar-refractivity contribution >= 4 is 43.8 Å². The largest absolute Gasteiger partial charge is 0.456 e. The van der Waals surface area contributed by atoms with Crippen molar-refractivity contribution < 1.29 is 17.9 Å². The van der Waals surface area contributed by atoms with Crippen LogP contribution >= 0.6 is 11.3 Å². The molecule has 9 heteroatoms. The first-order valence-corrected chi connectivity index (χ1v) is 12.0. The summed E-state index contributed by atoms with van der Waals surface area (Å²) in [5.74, 6) is -0.322. The van der Waals surface area contributed by atoms with Gasteiger partial charge in [-0.25, -0.2) is 18.2 Å². The number of nitrogens with one attached hydrogen (secondary N) is 1. The number of carbonyl (C=O) groups excluding carboxylic acids is 1. The number of thiazole rings is 1. The van der Waals surface area contributed by atoms with Crippen LogP contribution in [0.2, 0.25) is 0 Å². The Balaban J connectivity index is 1.33. The van der Waals surface area contributed by atoms with Gasteiger partial charge in [0.2, 0.25) is 10.0 Å². The van der Waals surface area contributed by atoms with E-state index >= 15 is 0 Å². The first-order chi connectivity index (χ1) is 14.4. The number of esters is 1. The van der Waals surface area contributed by atoms with Crippen LogP contribution in [0, 0.1) is 6.92 Å². The normalized spacial score (nSPS) is 15.2. The zero-order valence-electron chi connectivity index (χ0n) is 16.4. The van der Waals surface area contributed by atoms with Crippen molar-refractivity contribution in [3.8, 4) is 0 Å². The monoisotopic (exact) mass is 443 g/mol. The van der Waals surface area contributed by atoms with Crippen LogP contribution < -0.4 is 9.62 Å². The van der Waals surface area contributed by atoms with Gasteiger partial charge in [-0.05, 0) is 49.7 Å². The molecule has 0 radical (unpaired) electrons. The summed E-state index contributed by atoms with van der Waals surface area (Å²) in [6.45, 7) is 2.56. The minimum Gasteiger partial charge on any atom is -0.456 e. The second kappa shape index (κ2) is 8.45. The summed E-state index contributed by atoms with van der Waals surface area (Å²) in [7, 11) is -3.24.